The maximum atomic E-state index is 12.4. The number of aromatic nitrogens is 1. The van der Waals surface area contributed by atoms with Gasteiger partial charge in [-0.2, -0.15) is 16.8 Å². The predicted octanol–water partition coefficient (Wildman–Crippen LogP) is 4.59. The molecule has 3 nitrogen and oxygen atoms in total. The molecule has 25 heavy (non-hydrogen) atoms. The minimum Gasteiger partial charge on any atom is -0.316 e. The van der Waals surface area contributed by atoms with Gasteiger partial charge in [0.2, 0.25) is 0 Å². The third kappa shape index (κ3) is 4.77. The Bertz CT molecular complexity index is 929. The van der Waals surface area contributed by atoms with Gasteiger partial charge >= 0.3 is 0 Å². The van der Waals surface area contributed by atoms with Crippen LogP contribution in [-0.2, 0) is 11.3 Å². The highest BCUT2D eigenvalue weighted by atomic mass is 32.2. The number of rotatable bonds is 6. The molecule has 0 atom stereocenters. The normalized spacial score (nSPS) is 12.0. The molecule has 0 aliphatic heterocycles. The van der Waals surface area contributed by atoms with Crippen molar-refractivity contribution in [2.45, 2.75) is 18.4 Å². The van der Waals surface area contributed by atoms with Crippen molar-refractivity contribution >= 4 is 51.0 Å². The summed E-state index contributed by atoms with van der Waals surface area (Å²) in [4.78, 5) is 18.7. The first-order valence-electron chi connectivity index (χ1n) is 8.02. The third-order valence-corrected chi connectivity index (χ3v) is 6.31. The molecule has 1 heterocycles. The summed E-state index contributed by atoms with van der Waals surface area (Å²) in [6, 6.07) is 16.4. The molecule has 0 bridgehead atoms. The molecule has 130 valence electrons. The maximum Gasteiger partial charge on any atom is 0.258 e. The van der Waals surface area contributed by atoms with Crippen LogP contribution in [0, 0.1) is 6.92 Å². The zero-order valence-electron chi connectivity index (χ0n) is 14.3. The largest absolute Gasteiger partial charge is 0.316 e. The van der Waals surface area contributed by atoms with Crippen LogP contribution < -0.4 is 4.80 Å². The Hall–Kier alpha value is -1.50. The lowest BCUT2D eigenvalue weighted by atomic mass is 10.2. The molecule has 0 aliphatic carbocycles. The van der Waals surface area contributed by atoms with E-state index in [1.807, 2.05) is 30.3 Å². The van der Waals surface area contributed by atoms with Crippen LogP contribution in [0.5, 0.6) is 0 Å². The fourth-order valence-corrected chi connectivity index (χ4v) is 4.71. The van der Waals surface area contributed by atoms with Crippen molar-refractivity contribution in [3.05, 3.63) is 58.9 Å². The molecule has 0 N–H and O–H groups in total. The summed E-state index contributed by atoms with van der Waals surface area (Å²) in [7, 11) is 0. The van der Waals surface area contributed by atoms with Gasteiger partial charge < -0.3 is 4.57 Å². The van der Waals surface area contributed by atoms with E-state index >= 15 is 0 Å². The van der Waals surface area contributed by atoms with E-state index in [2.05, 4.69) is 40.9 Å². The minimum absolute atomic E-state index is 0.0879. The second kappa shape index (κ2) is 8.74. The van der Waals surface area contributed by atoms with E-state index in [1.165, 1.54) is 22.0 Å². The van der Waals surface area contributed by atoms with Crippen LogP contribution in [-0.4, -0.2) is 28.2 Å². The van der Waals surface area contributed by atoms with Crippen molar-refractivity contribution < 1.29 is 4.79 Å². The Labute approximate surface area is 160 Å². The molecule has 0 saturated heterocycles. The first kappa shape index (κ1) is 18.3. The van der Waals surface area contributed by atoms with Gasteiger partial charge in [-0.1, -0.05) is 35.6 Å². The van der Waals surface area contributed by atoms with Crippen molar-refractivity contribution in [3.63, 3.8) is 0 Å². The molecule has 0 spiro atoms. The summed E-state index contributed by atoms with van der Waals surface area (Å²) in [5.74, 6) is 1.27. The number of aryl methyl sites for hydroxylation is 2. The van der Waals surface area contributed by atoms with Crippen LogP contribution in [0.1, 0.15) is 5.56 Å². The smallest absolute Gasteiger partial charge is 0.258 e. The molecular weight excluding hydrogens is 368 g/mol. The molecule has 3 rings (SSSR count). The summed E-state index contributed by atoms with van der Waals surface area (Å²) in [5.41, 5.74) is 2.38. The fourth-order valence-electron chi connectivity index (χ4n) is 2.47. The number of nitrogens with zero attached hydrogens (tertiary/aromatic N) is 2. The van der Waals surface area contributed by atoms with Gasteiger partial charge in [-0.3, -0.25) is 4.79 Å². The van der Waals surface area contributed by atoms with Gasteiger partial charge in [0.1, 0.15) is 0 Å². The zero-order valence-corrected chi connectivity index (χ0v) is 16.7. The van der Waals surface area contributed by atoms with Gasteiger partial charge in [0.25, 0.3) is 5.91 Å². The second-order valence-corrected chi connectivity index (χ2v) is 8.65. The maximum absolute atomic E-state index is 12.4. The van der Waals surface area contributed by atoms with Crippen LogP contribution in [0.4, 0.5) is 0 Å². The lowest BCUT2D eigenvalue weighted by molar-refractivity contribution is -0.115. The van der Waals surface area contributed by atoms with E-state index in [-0.39, 0.29) is 5.91 Å². The number of fused-ring (bicyclic) bond motifs is 1. The number of benzene rings is 2. The number of carbonyl (C=O) groups excluding carboxylic acids is 1. The van der Waals surface area contributed by atoms with E-state index < -0.39 is 0 Å². The van der Waals surface area contributed by atoms with Gasteiger partial charge in [-0.25, -0.2) is 0 Å². The Morgan fingerprint density at radius 3 is 2.76 bits per heavy atom. The number of thioether (sulfide) groups is 2. The molecule has 0 saturated carbocycles. The lowest BCUT2D eigenvalue weighted by Gasteiger charge is -2.04. The molecule has 1 aromatic heterocycles. The quantitative estimate of drug-likeness (QED) is 0.579. The molecule has 6 heteroatoms. The van der Waals surface area contributed by atoms with Crippen molar-refractivity contribution in [3.8, 4) is 0 Å². The fraction of sp³-hybridized carbons (Fsp3) is 0.263. The van der Waals surface area contributed by atoms with Crippen molar-refractivity contribution in [1.29, 1.82) is 0 Å². The van der Waals surface area contributed by atoms with Gasteiger partial charge in [0.05, 0.1) is 16.0 Å². The van der Waals surface area contributed by atoms with Crippen LogP contribution in [0.15, 0.2) is 58.4 Å². The monoisotopic (exact) mass is 388 g/mol. The SMILES string of the molecule is CSCCn1c(=NC(=O)CSc2ccccc2)sc2cc(C)ccc21. The van der Waals surface area contributed by atoms with Gasteiger partial charge in [-0.15, -0.1) is 11.8 Å². The van der Waals surface area contributed by atoms with Gasteiger partial charge in [0, 0.05) is 17.2 Å². The average Bonchev–Trinajstić information content (AvgIpc) is 2.95. The second-order valence-electron chi connectivity index (χ2n) is 5.61. The van der Waals surface area contributed by atoms with Crippen LogP contribution >= 0.6 is 34.9 Å². The van der Waals surface area contributed by atoms with Crippen LogP contribution in [0.2, 0.25) is 0 Å². The topological polar surface area (TPSA) is 34.4 Å². The van der Waals surface area contributed by atoms with E-state index in [0.717, 1.165) is 27.5 Å². The van der Waals surface area contributed by atoms with Crippen LogP contribution in [0.25, 0.3) is 10.2 Å². The highest BCUT2D eigenvalue weighted by Gasteiger charge is 2.08. The number of hydrogen-bond acceptors (Lipinski definition) is 4. The van der Waals surface area contributed by atoms with Crippen LogP contribution in [0.3, 0.4) is 0 Å². The standard InChI is InChI=1S/C19H20N2OS3/c1-14-8-9-16-17(12-14)25-19(21(16)10-11-23-2)20-18(22)13-24-15-6-4-3-5-7-15/h3-9,12H,10-11,13H2,1-2H3. The molecular formula is C19H20N2OS3. The molecule has 0 aliphatic rings. The molecule has 0 unspecified atom stereocenters. The van der Waals surface area contributed by atoms with E-state index in [4.69, 9.17) is 0 Å². The van der Waals surface area contributed by atoms with E-state index in [0.29, 0.717) is 5.75 Å². The summed E-state index contributed by atoms with van der Waals surface area (Å²) >= 11 is 4.92. The number of thiazole rings is 1. The molecule has 0 fully saturated rings. The Morgan fingerprint density at radius 2 is 2.00 bits per heavy atom. The first-order chi connectivity index (χ1) is 12.2. The highest BCUT2D eigenvalue weighted by Crippen LogP contribution is 2.20. The van der Waals surface area contributed by atoms with E-state index in [1.54, 1.807) is 23.1 Å². The Kier molecular flexibility index (Phi) is 6.39. The minimum atomic E-state index is -0.0879. The number of amides is 1. The third-order valence-electron chi connectivity index (χ3n) is 3.68. The predicted molar refractivity (Wildman–Crippen MR) is 111 cm³/mol. The zero-order chi connectivity index (χ0) is 17.6. The van der Waals surface area contributed by atoms with Crippen molar-refractivity contribution in [2.24, 2.45) is 4.99 Å². The summed E-state index contributed by atoms with van der Waals surface area (Å²) in [5, 5.41) is 0. The molecule has 2 aromatic carbocycles. The molecule has 1 amide bonds. The van der Waals surface area contributed by atoms with Gasteiger partial charge in [-0.05, 0) is 43.0 Å². The number of carbonyl (C=O) groups is 1. The summed E-state index contributed by atoms with van der Waals surface area (Å²) in [6.07, 6.45) is 2.09. The van der Waals surface area contributed by atoms with Crippen molar-refractivity contribution in [2.75, 3.05) is 17.8 Å². The van der Waals surface area contributed by atoms with Gasteiger partial charge in [0.15, 0.2) is 4.80 Å². The van der Waals surface area contributed by atoms with Crippen molar-refractivity contribution in [1.82, 2.24) is 4.57 Å². The molecule has 3 aromatic rings. The Balaban J connectivity index is 1.87. The van der Waals surface area contributed by atoms with E-state index in [9.17, 15) is 4.79 Å². The lowest BCUT2D eigenvalue weighted by Crippen LogP contribution is -2.18. The highest BCUT2D eigenvalue weighted by molar-refractivity contribution is 8.00. The summed E-state index contributed by atoms with van der Waals surface area (Å²) < 4.78 is 3.35. The summed E-state index contributed by atoms with van der Waals surface area (Å²) in [6.45, 7) is 2.95. The molecule has 0 radical (unpaired) electrons. The number of hydrogen-bond donors (Lipinski definition) is 0. The Morgan fingerprint density at radius 1 is 1.20 bits per heavy atom. The first-order valence-corrected chi connectivity index (χ1v) is 11.2. The average molecular weight is 389 g/mol.